The first-order chi connectivity index (χ1) is 20.3. The third-order valence-electron chi connectivity index (χ3n) is 6.31. The van der Waals surface area contributed by atoms with Gasteiger partial charge in [0.25, 0.3) is 11.5 Å². The van der Waals surface area contributed by atoms with Gasteiger partial charge in [-0.1, -0.05) is 26.0 Å². The molecular weight excluding hydrogens is 539 g/mol. The van der Waals surface area contributed by atoms with Gasteiger partial charge in [-0.05, 0) is 70.0 Å². The number of pyridine rings is 1. The summed E-state index contributed by atoms with van der Waals surface area (Å²) in [5.74, 6) is -1.09. The van der Waals surface area contributed by atoms with Crippen LogP contribution in [-0.2, 0) is 4.79 Å². The lowest BCUT2D eigenvalue weighted by atomic mass is 10.2. The van der Waals surface area contributed by atoms with E-state index in [1.54, 1.807) is 50.4 Å². The van der Waals surface area contributed by atoms with Gasteiger partial charge in [0.05, 0.1) is 6.20 Å². The summed E-state index contributed by atoms with van der Waals surface area (Å²) in [4.78, 5) is 42.3. The number of hydrogen-bond acceptors (Lipinski definition) is 6. The molecule has 0 atom stereocenters. The van der Waals surface area contributed by atoms with Gasteiger partial charge in [-0.15, -0.1) is 5.10 Å². The monoisotopic (exact) mass is 572 g/mol. The Bertz CT molecular complexity index is 1750. The number of carbonyl (C=O) groups is 2. The number of anilines is 2. The van der Waals surface area contributed by atoms with Gasteiger partial charge in [0.2, 0.25) is 11.8 Å². The number of hydrogen-bond donors (Lipinski definition) is 2. The lowest BCUT2D eigenvalue weighted by Crippen LogP contribution is -2.29. The molecule has 218 valence electrons. The lowest BCUT2D eigenvalue weighted by molar-refractivity contribution is -0.117. The summed E-state index contributed by atoms with van der Waals surface area (Å²) in [5, 5.41) is 9.60. The van der Waals surface area contributed by atoms with Crippen molar-refractivity contribution >= 4 is 34.7 Å². The van der Waals surface area contributed by atoms with Crippen LogP contribution in [0.3, 0.4) is 0 Å². The number of halogens is 1. The number of amides is 2. The predicted octanol–water partition coefficient (Wildman–Crippen LogP) is 6.19. The highest BCUT2D eigenvalue weighted by molar-refractivity contribution is 6.04. The predicted molar refractivity (Wildman–Crippen MR) is 160 cm³/mol. The molecule has 2 amide bonds. The van der Waals surface area contributed by atoms with Gasteiger partial charge in [-0.2, -0.15) is 0 Å². The molecule has 1 aliphatic rings. The first kappa shape index (κ1) is 29.9. The minimum Gasteiger partial charge on any atom is -0.434 e. The van der Waals surface area contributed by atoms with Crippen LogP contribution in [0, 0.1) is 18.7 Å². The van der Waals surface area contributed by atoms with Crippen LogP contribution in [0.25, 0.3) is 11.3 Å². The minimum absolute atomic E-state index is 0.0392. The molecule has 42 heavy (non-hydrogen) atoms. The SMILES string of the molecule is C/C=C\C(=C/C)n1c(C)ccc(C(=O)Nc2ccc(Oc3ccc4nc(NC(=O)C5CC5)cn4n3)c(F)c2)c1=O.CC. The number of ether oxygens (including phenoxy) is 1. The van der Waals surface area contributed by atoms with Crippen molar-refractivity contribution in [1.29, 1.82) is 0 Å². The third kappa shape index (κ3) is 6.63. The Balaban J connectivity index is 0.00000198. The average molecular weight is 573 g/mol. The number of benzene rings is 1. The highest BCUT2D eigenvalue weighted by Gasteiger charge is 2.30. The molecule has 11 heteroatoms. The minimum atomic E-state index is -0.742. The largest absolute Gasteiger partial charge is 0.434 e. The molecule has 1 fully saturated rings. The Hall–Kier alpha value is -5.06. The van der Waals surface area contributed by atoms with E-state index in [2.05, 4.69) is 20.7 Å². The van der Waals surface area contributed by atoms with Crippen molar-refractivity contribution in [3.05, 3.63) is 94.3 Å². The molecule has 10 nitrogen and oxygen atoms in total. The highest BCUT2D eigenvalue weighted by atomic mass is 19.1. The fourth-order valence-electron chi connectivity index (χ4n) is 4.12. The zero-order chi connectivity index (χ0) is 30.4. The standard InChI is InChI=1S/C29H27FN6O4.C2H6/c1-4-6-20(5-2)36-17(3)7-11-21(29(36)39)28(38)31-19-10-12-23(22(30)15-19)40-26-14-13-25-32-24(16-35(25)34-26)33-27(37)18-8-9-18;1-2/h4-7,10-16,18H,8-9H2,1-3H3,(H,31,38)(H,33,37);1-2H3/b6-4-,20-5+;. The average Bonchev–Trinajstić information content (AvgIpc) is 3.75. The van der Waals surface area contributed by atoms with E-state index in [-0.39, 0.29) is 34.7 Å². The molecule has 3 aromatic heterocycles. The molecule has 5 rings (SSSR count). The zero-order valence-electron chi connectivity index (χ0n) is 24.1. The van der Waals surface area contributed by atoms with E-state index in [4.69, 9.17) is 4.74 Å². The van der Waals surface area contributed by atoms with Crippen LogP contribution in [0.4, 0.5) is 15.9 Å². The number of allylic oxidation sites excluding steroid dienone is 4. The summed E-state index contributed by atoms with van der Waals surface area (Å²) in [6.07, 6.45) is 8.65. The number of imidazole rings is 1. The molecule has 3 heterocycles. The molecule has 1 aliphatic carbocycles. The van der Waals surface area contributed by atoms with Crippen LogP contribution >= 0.6 is 0 Å². The van der Waals surface area contributed by atoms with Crippen molar-refractivity contribution in [3.8, 4) is 11.6 Å². The number of fused-ring (bicyclic) bond motifs is 1. The van der Waals surface area contributed by atoms with Crippen LogP contribution in [-0.4, -0.2) is 31.0 Å². The normalized spacial score (nSPS) is 13.0. The van der Waals surface area contributed by atoms with Gasteiger partial charge in [0.15, 0.2) is 23.0 Å². The van der Waals surface area contributed by atoms with Crippen molar-refractivity contribution in [2.45, 2.75) is 47.5 Å². The lowest BCUT2D eigenvalue weighted by Gasteiger charge is -2.13. The molecule has 1 saturated carbocycles. The van der Waals surface area contributed by atoms with Crippen LogP contribution in [0.5, 0.6) is 11.6 Å². The quantitative estimate of drug-likeness (QED) is 0.243. The Labute approximate surface area is 242 Å². The van der Waals surface area contributed by atoms with Gasteiger partial charge in [-0.25, -0.2) is 13.9 Å². The number of aromatic nitrogens is 4. The summed E-state index contributed by atoms with van der Waals surface area (Å²) in [5.41, 5.74) is 1.37. The zero-order valence-corrected chi connectivity index (χ0v) is 24.1. The number of aryl methyl sites for hydroxylation is 1. The Kier molecular flexibility index (Phi) is 9.31. The van der Waals surface area contributed by atoms with Gasteiger partial charge in [0.1, 0.15) is 5.56 Å². The van der Waals surface area contributed by atoms with Gasteiger partial charge < -0.3 is 15.4 Å². The smallest absolute Gasteiger partial charge is 0.268 e. The maximum Gasteiger partial charge on any atom is 0.268 e. The molecule has 0 bridgehead atoms. The number of rotatable bonds is 8. The molecule has 0 radical (unpaired) electrons. The van der Waals surface area contributed by atoms with Gasteiger partial charge in [0, 0.05) is 35.1 Å². The number of nitrogens with zero attached hydrogens (tertiary/aromatic N) is 4. The number of carbonyl (C=O) groups excluding carboxylic acids is 2. The van der Waals surface area contributed by atoms with E-state index < -0.39 is 17.3 Å². The Morgan fingerprint density at radius 2 is 1.83 bits per heavy atom. The van der Waals surface area contributed by atoms with Crippen LogP contribution in [0.1, 0.15) is 56.6 Å². The molecule has 0 unspecified atom stereocenters. The van der Waals surface area contributed by atoms with Crippen molar-refractivity contribution in [2.24, 2.45) is 5.92 Å². The molecule has 0 saturated heterocycles. The van der Waals surface area contributed by atoms with Crippen LogP contribution in [0.2, 0.25) is 0 Å². The van der Waals surface area contributed by atoms with Crippen molar-refractivity contribution in [2.75, 3.05) is 10.6 Å². The Morgan fingerprint density at radius 1 is 1.07 bits per heavy atom. The summed E-state index contributed by atoms with van der Waals surface area (Å²) in [6.45, 7) is 9.41. The summed E-state index contributed by atoms with van der Waals surface area (Å²) in [7, 11) is 0. The van der Waals surface area contributed by atoms with E-state index in [0.29, 0.717) is 22.9 Å². The summed E-state index contributed by atoms with van der Waals surface area (Å²) in [6, 6.07) is 10.2. The van der Waals surface area contributed by atoms with Gasteiger partial charge in [-0.3, -0.25) is 19.0 Å². The molecule has 0 aliphatic heterocycles. The maximum absolute atomic E-state index is 14.9. The first-order valence-electron chi connectivity index (χ1n) is 13.8. The molecule has 1 aromatic carbocycles. The number of nitrogens with one attached hydrogen (secondary N) is 2. The maximum atomic E-state index is 14.9. The fourth-order valence-corrected chi connectivity index (χ4v) is 4.12. The molecule has 2 N–H and O–H groups in total. The van der Waals surface area contributed by atoms with Crippen LogP contribution < -0.4 is 20.9 Å². The molecular formula is C31H33FN6O4. The second-order valence-corrected chi connectivity index (χ2v) is 9.31. The van der Waals surface area contributed by atoms with Crippen molar-refractivity contribution < 1.29 is 18.7 Å². The van der Waals surface area contributed by atoms with Crippen molar-refractivity contribution in [3.63, 3.8) is 0 Å². The second-order valence-electron chi connectivity index (χ2n) is 9.31. The van der Waals surface area contributed by atoms with E-state index >= 15 is 0 Å². The Morgan fingerprint density at radius 3 is 2.50 bits per heavy atom. The van der Waals surface area contributed by atoms with Crippen molar-refractivity contribution in [1.82, 2.24) is 19.2 Å². The van der Waals surface area contributed by atoms with E-state index in [1.807, 2.05) is 20.8 Å². The molecule has 0 spiro atoms. The second kappa shape index (κ2) is 13.1. The topological polar surface area (TPSA) is 120 Å². The van der Waals surface area contributed by atoms with E-state index in [0.717, 1.165) is 18.9 Å². The first-order valence-corrected chi connectivity index (χ1v) is 13.8. The van der Waals surface area contributed by atoms with Gasteiger partial charge >= 0.3 is 0 Å². The van der Waals surface area contributed by atoms with Crippen LogP contribution in [0.15, 0.2) is 71.7 Å². The summed E-state index contributed by atoms with van der Waals surface area (Å²) < 4.78 is 23.4. The van der Waals surface area contributed by atoms with E-state index in [9.17, 15) is 18.8 Å². The fraction of sp³-hybridized carbons (Fsp3) is 0.258. The highest BCUT2D eigenvalue weighted by Crippen LogP contribution is 2.30. The third-order valence-corrected chi connectivity index (χ3v) is 6.31. The van der Waals surface area contributed by atoms with E-state index in [1.165, 1.54) is 33.3 Å². The summed E-state index contributed by atoms with van der Waals surface area (Å²) >= 11 is 0. The molecule has 4 aromatic rings.